The number of halogens is 1. The third-order valence-electron chi connectivity index (χ3n) is 4.93. The van der Waals surface area contributed by atoms with Crippen LogP contribution in [-0.2, 0) is 0 Å². The van der Waals surface area contributed by atoms with Crippen molar-refractivity contribution in [3.63, 3.8) is 0 Å². The van der Waals surface area contributed by atoms with Crippen LogP contribution >= 0.6 is 11.6 Å². The molecule has 0 fully saturated rings. The van der Waals surface area contributed by atoms with Crippen LogP contribution in [-0.4, -0.2) is 22.9 Å². The molecule has 0 radical (unpaired) electrons. The number of carbonyl (C=O) groups is 1. The van der Waals surface area contributed by atoms with Crippen LogP contribution in [0.4, 0.5) is 0 Å². The van der Waals surface area contributed by atoms with Gasteiger partial charge in [0.05, 0.1) is 29.6 Å². The smallest absolute Gasteiger partial charge is 0.163 e. The van der Waals surface area contributed by atoms with Gasteiger partial charge in [-0.1, -0.05) is 41.9 Å². The number of nitrogens with zero attached hydrogens (tertiary/aromatic N) is 2. The van der Waals surface area contributed by atoms with E-state index in [2.05, 4.69) is 4.98 Å². The first-order chi connectivity index (χ1) is 15.5. The maximum atomic E-state index is 12.5. The number of hydrogen-bond acceptors (Lipinski definition) is 5. The van der Waals surface area contributed by atoms with Gasteiger partial charge in [-0.2, -0.15) is 0 Å². The monoisotopic (exact) mass is 444 g/mol. The molecule has 0 aliphatic rings. The van der Waals surface area contributed by atoms with Gasteiger partial charge in [0, 0.05) is 10.6 Å². The Morgan fingerprint density at radius 1 is 0.906 bits per heavy atom. The van der Waals surface area contributed by atoms with E-state index in [9.17, 15) is 4.79 Å². The molecule has 32 heavy (non-hydrogen) atoms. The van der Waals surface area contributed by atoms with Crippen molar-refractivity contribution < 1.29 is 14.3 Å². The molecule has 0 N–H and O–H groups in total. The summed E-state index contributed by atoms with van der Waals surface area (Å²) in [4.78, 5) is 21.9. The van der Waals surface area contributed by atoms with Crippen molar-refractivity contribution in [2.45, 2.75) is 13.8 Å². The first-order valence-electron chi connectivity index (χ1n) is 10.0. The van der Waals surface area contributed by atoms with Crippen molar-refractivity contribution >= 4 is 17.4 Å². The second-order valence-electron chi connectivity index (χ2n) is 7.20. The summed E-state index contributed by atoms with van der Waals surface area (Å²) in [7, 11) is 1.58. The van der Waals surface area contributed by atoms with Crippen LogP contribution in [0.5, 0.6) is 17.2 Å². The molecule has 4 aromatic rings. The molecule has 0 aliphatic heterocycles. The number of ether oxygens (including phenoxy) is 2. The number of aryl methyl sites for hydroxylation is 1. The first kappa shape index (κ1) is 21.5. The van der Waals surface area contributed by atoms with Gasteiger partial charge in [0.15, 0.2) is 11.6 Å². The van der Waals surface area contributed by atoms with Crippen molar-refractivity contribution in [2.24, 2.45) is 0 Å². The summed E-state index contributed by atoms with van der Waals surface area (Å²) in [6.07, 6.45) is 0. The quantitative estimate of drug-likeness (QED) is 0.307. The van der Waals surface area contributed by atoms with Crippen LogP contribution in [0.1, 0.15) is 23.0 Å². The summed E-state index contributed by atoms with van der Waals surface area (Å²) in [6.45, 7) is 3.31. The molecule has 1 aromatic heterocycles. The first-order valence-corrected chi connectivity index (χ1v) is 10.4. The second kappa shape index (κ2) is 9.20. The number of carbonyl (C=O) groups excluding carboxylic acids is 1. The predicted molar refractivity (Wildman–Crippen MR) is 126 cm³/mol. The molecular weight excluding hydrogens is 424 g/mol. The van der Waals surface area contributed by atoms with Crippen LogP contribution in [0.3, 0.4) is 0 Å². The fourth-order valence-electron chi connectivity index (χ4n) is 3.51. The average Bonchev–Trinajstić information content (AvgIpc) is 2.79. The molecule has 0 aliphatic carbocycles. The number of hydrogen-bond donors (Lipinski definition) is 0. The van der Waals surface area contributed by atoms with Crippen molar-refractivity contribution in [1.82, 2.24) is 9.97 Å². The third-order valence-corrected chi connectivity index (χ3v) is 5.17. The fraction of sp³-hybridized carbons (Fsp3) is 0.115. The van der Waals surface area contributed by atoms with Gasteiger partial charge in [-0.05, 0) is 56.3 Å². The minimum Gasteiger partial charge on any atom is -0.496 e. The van der Waals surface area contributed by atoms with Gasteiger partial charge < -0.3 is 9.47 Å². The van der Waals surface area contributed by atoms with E-state index in [1.807, 2.05) is 54.6 Å². The van der Waals surface area contributed by atoms with Crippen LogP contribution in [0.15, 0.2) is 72.8 Å². The largest absolute Gasteiger partial charge is 0.496 e. The Labute approximate surface area is 191 Å². The molecule has 0 amide bonds. The number of methoxy groups -OCH3 is 1. The highest BCUT2D eigenvalue weighted by Crippen LogP contribution is 2.35. The van der Waals surface area contributed by atoms with Crippen LogP contribution in [0.2, 0.25) is 5.02 Å². The van der Waals surface area contributed by atoms with Gasteiger partial charge in [-0.3, -0.25) is 4.79 Å². The van der Waals surface area contributed by atoms with Crippen molar-refractivity contribution in [1.29, 1.82) is 0 Å². The summed E-state index contributed by atoms with van der Waals surface area (Å²) >= 11 is 6.22. The molecule has 0 bridgehead atoms. The summed E-state index contributed by atoms with van der Waals surface area (Å²) in [5.74, 6) is 2.27. The molecule has 0 saturated heterocycles. The average molecular weight is 445 g/mol. The van der Waals surface area contributed by atoms with Gasteiger partial charge in [-0.15, -0.1) is 0 Å². The summed E-state index contributed by atoms with van der Waals surface area (Å²) < 4.78 is 11.5. The minimum absolute atomic E-state index is 0.114. The van der Waals surface area contributed by atoms with E-state index in [-0.39, 0.29) is 5.78 Å². The van der Waals surface area contributed by atoms with Crippen molar-refractivity contribution in [3.8, 4) is 39.9 Å². The third kappa shape index (κ3) is 4.48. The summed E-state index contributed by atoms with van der Waals surface area (Å²) in [6, 6.07) is 22.3. The Hall–Kier alpha value is -3.70. The van der Waals surface area contributed by atoms with Crippen LogP contribution < -0.4 is 9.47 Å². The molecule has 6 heteroatoms. The lowest BCUT2D eigenvalue weighted by Crippen LogP contribution is -2.07. The molecule has 3 aromatic carbocycles. The molecular formula is C26H21ClN2O3. The Morgan fingerprint density at radius 3 is 2.38 bits per heavy atom. The molecule has 5 nitrogen and oxygen atoms in total. The van der Waals surface area contributed by atoms with Crippen molar-refractivity contribution in [2.75, 3.05) is 7.11 Å². The molecule has 4 rings (SSSR count). The van der Waals surface area contributed by atoms with E-state index < -0.39 is 0 Å². The van der Waals surface area contributed by atoms with E-state index in [0.717, 1.165) is 11.3 Å². The van der Waals surface area contributed by atoms with Crippen LogP contribution in [0, 0.1) is 6.92 Å². The second-order valence-corrected chi connectivity index (χ2v) is 7.64. The van der Waals surface area contributed by atoms with Gasteiger partial charge in [0.1, 0.15) is 17.2 Å². The lowest BCUT2D eigenvalue weighted by Gasteiger charge is -2.14. The number of para-hydroxylation sites is 1. The number of rotatable bonds is 6. The van der Waals surface area contributed by atoms with Gasteiger partial charge >= 0.3 is 0 Å². The minimum atomic E-state index is -0.114. The Bertz CT molecular complexity index is 1290. The maximum Gasteiger partial charge on any atom is 0.163 e. The molecule has 0 spiro atoms. The zero-order chi connectivity index (χ0) is 22.7. The van der Waals surface area contributed by atoms with E-state index >= 15 is 0 Å². The fourth-order valence-corrected chi connectivity index (χ4v) is 3.68. The number of benzene rings is 3. The number of Topliss-reactive ketones (excluding diaryl/α,β-unsaturated/α-hetero) is 1. The zero-order valence-corrected chi connectivity index (χ0v) is 18.7. The molecule has 160 valence electrons. The van der Waals surface area contributed by atoms with Gasteiger partial charge in [0.25, 0.3) is 0 Å². The predicted octanol–water partition coefficient (Wildman–Crippen LogP) is 6.78. The SMILES string of the molecule is COc1ccc(Cl)cc1-c1nc(C)c(C(C)=O)c(-c2cccc(Oc3ccccc3)c2)n1. The standard InChI is InChI=1S/C26H21ClN2O3/c1-16-24(17(2)30)25(29-26(28-16)22-15-19(27)12-13-23(22)31-3)18-8-7-11-21(14-18)32-20-9-5-4-6-10-20/h4-15H,1-3H3. The van der Waals surface area contributed by atoms with Crippen molar-refractivity contribution in [3.05, 3.63) is 89.1 Å². The van der Waals surface area contributed by atoms with E-state index in [0.29, 0.717) is 44.9 Å². The van der Waals surface area contributed by atoms with Gasteiger partial charge in [-0.25, -0.2) is 9.97 Å². The van der Waals surface area contributed by atoms with E-state index in [1.54, 1.807) is 32.2 Å². The highest BCUT2D eigenvalue weighted by atomic mass is 35.5. The highest BCUT2D eigenvalue weighted by molar-refractivity contribution is 6.30. The zero-order valence-electron chi connectivity index (χ0n) is 17.9. The Kier molecular flexibility index (Phi) is 6.19. The van der Waals surface area contributed by atoms with Gasteiger partial charge in [0.2, 0.25) is 0 Å². The number of aromatic nitrogens is 2. The Balaban J connectivity index is 1.86. The van der Waals surface area contributed by atoms with E-state index in [4.69, 9.17) is 26.1 Å². The molecule has 0 unspecified atom stereocenters. The molecule has 0 atom stereocenters. The molecule has 1 heterocycles. The molecule has 0 saturated carbocycles. The summed E-state index contributed by atoms with van der Waals surface area (Å²) in [5.41, 5.74) is 2.97. The Morgan fingerprint density at radius 2 is 1.66 bits per heavy atom. The van der Waals surface area contributed by atoms with E-state index in [1.165, 1.54) is 6.92 Å². The lowest BCUT2D eigenvalue weighted by atomic mass is 10.0. The maximum absolute atomic E-state index is 12.5. The summed E-state index contributed by atoms with van der Waals surface area (Å²) in [5, 5.41) is 0.539. The topological polar surface area (TPSA) is 61.3 Å². The van der Waals surface area contributed by atoms with Crippen LogP contribution in [0.25, 0.3) is 22.6 Å². The normalized spacial score (nSPS) is 10.6. The highest BCUT2D eigenvalue weighted by Gasteiger charge is 2.20. The number of ketones is 1. The lowest BCUT2D eigenvalue weighted by molar-refractivity contribution is 0.101.